The second kappa shape index (κ2) is 8.35. The lowest BCUT2D eigenvalue weighted by Crippen LogP contribution is -2.44. The van der Waals surface area contributed by atoms with Crippen LogP contribution >= 0.6 is 11.3 Å². The van der Waals surface area contributed by atoms with Crippen LogP contribution in [-0.2, 0) is 26.5 Å². The van der Waals surface area contributed by atoms with Gasteiger partial charge in [0.25, 0.3) is 5.69 Å². The number of aliphatic carboxylic acids is 1. The van der Waals surface area contributed by atoms with Gasteiger partial charge >= 0.3 is 11.9 Å². The first-order chi connectivity index (χ1) is 14.4. The summed E-state index contributed by atoms with van der Waals surface area (Å²) < 4.78 is 4.96. The molecule has 0 amide bonds. The van der Waals surface area contributed by atoms with Gasteiger partial charge in [-0.25, -0.2) is 4.98 Å². The number of rotatable bonds is 6. The molecular formula is C21H24N2O7S. The van der Waals surface area contributed by atoms with Crippen molar-refractivity contribution in [3.05, 3.63) is 45.1 Å². The Morgan fingerprint density at radius 1 is 1.35 bits per heavy atom. The molecule has 2 aromatic rings. The van der Waals surface area contributed by atoms with Crippen LogP contribution < -0.4 is 0 Å². The second-order valence-electron chi connectivity index (χ2n) is 8.58. The molecule has 9 nitrogen and oxygen atoms in total. The molecule has 10 heteroatoms. The number of hydrogen-bond acceptors (Lipinski definition) is 8. The van der Waals surface area contributed by atoms with Crippen molar-refractivity contribution >= 4 is 29.0 Å². The Hall–Kier alpha value is -2.85. The van der Waals surface area contributed by atoms with Crippen LogP contribution in [0.5, 0.6) is 0 Å². The van der Waals surface area contributed by atoms with E-state index in [1.54, 1.807) is 12.3 Å². The third kappa shape index (κ3) is 4.91. The largest absolute Gasteiger partial charge is 0.481 e. The van der Waals surface area contributed by atoms with Crippen LogP contribution in [0.3, 0.4) is 0 Å². The van der Waals surface area contributed by atoms with Gasteiger partial charge in [-0.2, -0.15) is 0 Å². The second-order valence-corrected chi connectivity index (χ2v) is 9.61. The monoisotopic (exact) mass is 448 g/mol. The van der Waals surface area contributed by atoms with E-state index in [0.717, 1.165) is 0 Å². The van der Waals surface area contributed by atoms with E-state index in [2.05, 4.69) is 4.98 Å². The number of hydrogen-bond donors (Lipinski definition) is 2. The molecule has 1 aliphatic carbocycles. The van der Waals surface area contributed by atoms with E-state index < -0.39 is 33.8 Å². The number of benzene rings is 1. The number of carboxylic acid groups (broad SMARTS) is 1. The van der Waals surface area contributed by atoms with Gasteiger partial charge in [0.05, 0.1) is 15.7 Å². The smallest absolute Gasteiger partial charge is 0.307 e. The van der Waals surface area contributed by atoms with Crippen LogP contribution in [0, 0.1) is 21.4 Å². The number of non-ortho nitro benzene ring substituents is 1. The summed E-state index contributed by atoms with van der Waals surface area (Å²) in [5.41, 5.74) is -1.03. The maximum Gasteiger partial charge on any atom is 0.307 e. The number of nitro groups is 1. The molecule has 1 saturated carbocycles. The van der Waals surface area contributed by atoms with Gasteiger partial charge in [0.15, 0.2) is 0 Å². The van der Waals surface area contributed by atoms with Crippen molar-refractivity contribution in [2.45, 2.75) is 52.2 Å². The van der Waals surface area contributed by atoms with E-state index in [9.17, 15) is 29.9 Å². The third-order valence-corrected chi connectivity index (χ3v) is 6.89. The van der Waals surface area contributed by atoms with Crippen molar-refractivity contribution in [2.24, 2.45) is 11.3 Å². The van der Waals surface area contributed by atoms with Crippen LogP contribution in [-0.4, -0.2) is 32.1 Å². The summed E-state index contributed by atoms with van der Waals surface area (Å²) in [4.78, 5) is 38.4. The SMILES string of the molecule is CC(=O)OCc1cc(-c2cnc([C@@]3(O)CC[C@H](C(=O)O)C(C)(C)C3)s2)cc([N+](=O)[O-])c1. The van der Waals surface area contributed by atoms with Crippen LogP contribution in [0.1, 0.15) is 50.6 Å². The van der Waals surface area contributed by atoms with Crippen LogP contribution in [0.15, 0.2) is 24.4 Å². The highest BCUT2D eigenvalue weighted by atomic mass is 32.1. The van der Waals surface area contributed by atoms with Gasteiger partial charge in [-0.15, -0.1) is 11.3 Å². The number of thiazole rings is 1. The maximum absolute atomic E-state index is 11.5. The van der Waals surface area contributed by atoms with Crippen molar-refractivity contribution in [2.75, 3.05) is 0 Å². The van der Waals surface area contributed by atoms with E-state index in [1.807, 2.05) is 13.8 Å². The summed E-state index contributed by atoms with van der Waals surface area (Å²) in [6.45, 7) is 4.82. The Balaban J connectivity index is 1.92. The third-order valence-electron chi connectivity index (χ3n) is 5.65. The van der Waals surface area contributed by atoms with Crippen molar-refractivity contribution in [1.29, 1.82) is 0 Å². The van der Waals surface area contributed by atoms with Crippen LogP contribution in [0.25, 0.3) is 10.4 Å². The summed E-state index contributed by atoms with van der Waals surface area (Å²) in [7, 11) is 0. The van der Waals surface area contributed by atoms with E-state index in [1.165, 1.54) is 30.4 Å². The quantitative estimate of drug-likeness (QED) is 0.385. The maximum atomic E-state index is 11.5. The molecule has 166 valence electrons. The zero-order valence-corrected chi connectivity index (χ0v) is 18.3. The first kappa shape index (κ1) is 22.8. The lowest BCUT2D eigenvalue weighted by Gasteiger charge is -2.44. The van der Waals surface area contributed by atoms with Gasteiger partial charge in [0.2, 0.25) is 0 Å². The molecule has 0 saturated heterocycles. The first-order valence-corrected chi connectivity index (χ1v) is 10.6. The summed E-state index contributed by atoms with van der Waals surface area (Å²) >= 11 is 1.22. The van der Waals surface area contributed by atoms with Gasteiger partial charge in [0, 0.05) is 30.8 Å². The number of nitrogens with zero attached hydrogens (tertiary/aromatic N) is 2. The highest BCUT2D eigenvalue weighted by Gasteiger charge is 2.49. The predicted octanol–water partition coefficient (Wildman–Crippen LogP) is 3.88. The summed E-state index contributed by atoms with van der Waals surface area (Å²) in [5, 5.41) is 32.5. The van der Waals surface area contributed by atoms with Gasteiger partial charge in [-0.1, -0.05) is 13.8 Å². The summed E-state index contributed by atoms with van der Waals surface area (Å²) in [6, 6.07) is 4.43. The van der Waals surface area contributed by atoms with Gasteiger partial charge < -0.3 is 14.9 Å². The highest BCUT2D eigenvalue weighted by molar-refractivity contribution is 7.15. The number of ether oxygens (including phenoxy) is 1. The van der Waals surface area contributed by atoms with Crippen LogP contribution in [0.4, 0.5) is 5.69 Å². The zero-order valence-electron chi connectivity index (χ0n) is 17.5. The van der Waals surface area contributed by atoms with Crippen LogP contribution in [0.2, 0.25) is 0 Å². The Kier molecular flexibility index (Phi) is 6.15. The lowest BCUT2D eigenvalue weighted by molar-refractivity contribution is -0.384. The van der Waals surface area contributed by atoms with Gasteiger partial charge in [0.1, 0.15) is 17.2 Å². The molecule has 1 fully saturated rings. The molecule has 1 aromatic heterocycles. The first-order valence-electron chi connectivity index (χ1n) is 9.75. The Labute approximate surface area is 182 Å². The molecule has 1 aliphatic rings. The average Bonchev–Trinajstić information content (AvgIpc) is 3.16. The molecule has 3 rings (SSSR count). The van der Waals surface area contributed by atoms with E-state index in [4.69, 9.17) is 4.74 Å². The molecular weight excluding hydrogens is 424 g/mol. The van der Waals surface area contributed by atoms with E-state index in [0.29, 0.717) is 27.4 Å². The minimum atomic E-state index is -1.26. The van der Waals surface area contributed by atoms with Crippen molar-refractivity contribution in [1.82, 2.24) is 4.98 Å². The normalized spacial score (nSPS) is 22.6. The molecule has 0 radical (unpaired) electrons. The highest BCUT2D eigenvalue weighted by Crippen LogP contribution is 2.50. The number of carbonyl (C=O) groups is 2. The predicted molar refractivity (Wildman–Crippen MR) is 112 cm³/mol. The molecule has 31 heavy (non-hydrogen) atoms. The minimum Gasteiger partial charge on any atom is -0.481 e. The minimum absolute atomic E-state index is 0.0929. The van der Waals surface area contributed by atoms with Crippen molar-refractivity contribution in [3.63, 3.8) is 0 Å². The standard InChI is InChI=1S/C21H24N2O7S/c1-12(24)30-10-13-6-14(8-15(7-13)23(28)29)17-9-22-19(31-17)21(27)5-4-16(18(25)26)20(2,3)11-21/h6-9,16,27H,4-5,10-11H2,1-3H3,(H,25,26)/t16-,21-/m1/s1. The molecule has 0 bridgehead atoms. The zero-order chi connectivity index (χ0) is 23.0. The number of carbonyl (C=O) groups excluding carboxylic acids is 1. The van der Waals surface area contributed by atoms with Gasteiger partial charge in [-0.05, 0) is 36.3 Å². The summed E-state index contributed by atoms with van der Waals surface area (Å²) in [5.74, 6) is -1.91. The topological polar surface area (TPSA) is 140 Å². The van der Waals surface area contributed by atoms with E-state index in [-0.39, 0.29) is 25.1 Å². The number of aliphatic hydroxyl groups is 1. The van der Waals surface area contributed by atoms with Crippen molar-refractivity contribution < 1.29 is 29.5 Å². The summed E-state index contributed by atoms with van der Waals surface area (Å²) in [6.07, 6.45) is 2.39. The average molecular weight is 448 g/mol. The lowest BCUT2D eigenvalue weighted by atomic mass is 9.63. The van der Waals surface area contributed by atoms with Crippen molar-refractivity contribution in [3.8, 4) is 10.4 Å². The number of esters is 1. The Morgan fingerprint density at radius 3 is 2.65 bits per heavy atom. The number of nitro benzene ring substituents is 1. The Bertz CT molecular complexity index is 1030. The fraction of sp³-hybridized carbons (Fsp3) is 0.476. The fourth-order valence-electron chi connectivity index (χ4n) is 4.19. The molecule has 2 N–H and O–H groups in total. The van der Waals surface area contributed by atoms with Gasteiger partial charge in [-0.3, -0.25) is 19.7 Å². The molecule has 2 atom stereocenters. The molecule has 0 aliphatic heterocycles. The van der Waals surface area contributed by atoms with E-state index >= 15 is 0 Å². The number of aromatic nitrogens is 1. The molecule has 0 unspecified atom stereocenters. The molecule has 1 aromatic carbocycles. The fourth-order valence-corrected chi connectivity index (χ4v) is 5.21. The molecule has 0 spiro atoms. The Morgan fingerprint density at radius 2 is 2.06 bits per heavy atom. The number of carboxylic acids is 1. The molecule has 1 heterocycles.